The van der Waals surface area contributed by atoms with Gasteiger partial charge in [0.2, 0.25) is 0 Å². The predicted octanol–water partition coefficient (Wildman–Crippen LogP) is 1.71. The Hall–Kier alpha value is -0.450. The van der Waals surface area contributed by atoms with Gasteiger partial charge in [0, 0.05) is 43.8 Å². The molecule has 0 bridgehead atoms. The van der Waals surface area contributed by atoms with Crippen molar-refractivity contribution < 1.29 is 4.74 Å². The molecule has 1 aromatic rings. The van der Waals surface area contributed by atoms with E-state index in [0.29, 0.717) is 6.54 Å². The van der Waals surface area contributed by atoms with Crippen LogP contribution in [0.3, 0.4) is 0 Å². The Kier molecular flexibility index (Phi) is 10.7. The van der Waals surface area contributed by atoms with Crippen LogP contribution in [0.2, 0.25) is 0 Å². The molecule has 0 aliphatic carbocycles. The molecule has 1 aromatic heterocycles. The second-order valence-electron chi connectivity index (χ2n) is 5.15. The first-order valence-electron chi connectivity index (χ1n) is 8.07. The molecule has 0 amide bonds. The first-order chi connectivity index (χ1) is 10.8. The number of morpholine rings is 1. The highest BCUT2D eigenvalue weighted by molar-refractivity contribution is 14.0. The van der Waals surface area contributed by atoms with E-state index in [2.05, 4.69) is 39.4 Å². The standard InChI is InChI=1S/C15H27N5OS.HI/c1-3-13-11-18-14(22-13)12-19-15(16-4-2)17-5-6-20-7-9-21-10-8-20;/h11H,3-10,12H2,1-2H3,(H2,16,17,19);1H. The van der Waals surface area contributed by atoms with Gasteiger partial charge in [-0.25, -0.2) is 9.98 Å². The molecular weight excluding hydrogens is 425 g/mol. The maximum absolute atomic E-state index is 5.36. The van der Waals surface area contributed by atoms with E-state index in [0.717, 1.165) is 63.3 Å². The van der Waals surface area contributed by atoms with Crippen LogP contribution in [0.5, 0.6) is 0 Å². The topological polar surface area (TPSA) is 61.8 Å². The van der Waals surface area contributed by atoms with Crippen LogP contribution in [0.25, 0.3) is 0 Å². The van der Waals surface area contributed by atoms with Crippen molar-refractivity contribution >= 4 is 41.3 Å². The predicted molar refractivity (Wildman–Crippen MR) is 107 cm³/mol. The van der Waals surface area contributed by atoms with Crippen LogP contribution in [0.4, 0.5) is 0 Å². The third kappa shape index (κ3) is 7.77. The fourth-order valence-electron chi connectivity index (χ4n) is 2.23. The van der Waals surface area contributed by atoms with Crippen molar-refractivity contribution in [2.24, 2.45) is 4.99 Å². The highest BCUT2D eigenvalue weighted by atomic mass is 127. The number of aromatic nitrogens is 1. The van der Waals surface area contributed by atoms with Crippen molar-refractivity contribution in [1.29, 1.82) is 0 Å². The number of halogens is 1. The molecule has 0 atom stereocenters. The lowest BCUT2D eigenvalue weighted by Gasteiger charge is -2.26. The Bertz CT molecular complexity index is 462. The van der Waals surface area contributed by atoms with Crippen LogP contribution >= 0.6 is 35.3 Å². The van der Waals surface area contributed by atoms with Crippen molar-refractivity contribution in [3.63, 3.8) is 0 Å². The van der Waals surface area contributed by atoms with Crippen LogP contribution in [0.1, 0.15) is 23.7 Å². The Morgan fingerprint density at radius 3 is 2.78 bits per heavy atom. The summed E-state index contributed by atoms with van der Waals surface area (Å²) >= 11 is 1.74. The van der Waals surface area contributed by atoms with Crippen molar-refractivity contribution in [3.05, 3.63) is 16.1 Å². The number of hydrogen-bond acceptors (Lipinski definition) is 5. The summed E-state index contributed by atoms with van der Waals surface area (Å²) in [5.41, 5.74) is 0. The molecule has 1 saturated heterocycles. The van der Waals surface area contributed by atoms with Crippen LogP contribution in [0, 0.1) is 0 Å². The summed E-state index contributed by atoms with van der Waals surface area (Å²) in [6, 6.07) is 0. The van der Waals surface area contributed by atoms with Crippen molar-refractivity contribution in [2.75, 3.05) is 45.9 Å². The largest absolute Gasteiger partial charge is 0.379 e. The molecule has 0 radical (unpaired) electrons. The molecule has 6 nitrogen and oxygen atoms in total. The van der Waals surface area contributed by atoms with Gasteiger partial charge in [-0.15, -0.1) is 35.3 Å². The summed E-state index contributed by atoms with van der Waals surface area (Å²) in [5.74, 6) is 0.865. The zero-order chi connectivity index (χ0) is 15.6. The molecule has 8 heteroatoms. The molecule has 0 saturated carbocycles. The van der Waals surface area contributed by atoms with E-state index < -0.39 is 0 Å². The number of hydrogen-bond donors (Lipinski definition) is 2. The Labute approximate surface area is 160 Å². The number of thiazole rings is 1. The van der Waals surface area contributed by atoms with Crippen LogP contribution < -0.4 is 10.6 Å². The molecule has 1 aliphatic rings. The molecule has 2 N–H and O–H groups in total. The van der Waals surface area contributed by atoms with Crippen LogP contribution in [-0.2, 0) is 17.7 Å². The first kappa shape index (κ1) is 20.6. The molecule has 1 fully saturated rings. The van der Waals surface area contributed by atoms with Gasteiger partial charge in [-0.3, -0.25) is 4.90 Å². The highest BCUT2D eigenvalue weighted by Crippen LogP contribution is 2.13. The fourth-order valence-corrected chi connectivity index (χ4v) is 3.02. The molecular formula is C15H28IN5OS. The highest BCUT2D eigenvalue weighted by Gasteiger charge is 2.09. The second-order valence-corrected chi connectivity index (χ2v) is 6.35. The molecule has 23 heavy (non-hydrogen) atoms. The lowest BCUT2D eigenvalue weighted by molar-refractivity contribution is 0.0389. The second kappa shape index (κ2) is 12.0. The van der Waals surface area contributed by atoms with Gasteiger partial charge in [-0.05, 0) is 13.3 Å². The fraction of sp³-hybridized carbons (Fsp3) is 0.733. The van der Waals surface area contributed by atoms with Gasteiger partial charge in [0.15, 0.2) is 5.96 Å². The summed E-state index contributed by atoms with van der Waals surface area (Å²) in [7, 11) is 0. The van der Waals surface area contributed by atoms with E-state index in [1.165, 1.54) is 4.88 Å². The van der Waals surface area contributed by atoms with E-state index in [1.54, 1.807) is 11.3 Å². The Balaban J connectivity index is 0.00000264. The number of aliphatic imine (C=N–C) groups is 1. The molecule has 0 spiro atoms. The molecule has 132 valence electrons. The SMILES string of the molecule is CCNC(=NCc1ncc(CC)s1)NCCN1CCOCC1.I. The molecule has 0 aromatic carbocycles. The van der Waals surface area contributed by atoms with Gasteiger partial charge < -0.3 is 15.4 Å². The van der Waals surface area contributed by atoms with E-state index in [-0.39, 0.29) is 24.0 Å². The van der Waals surface area contributed by atoms with Gasteiger partial charge >= 0.3 is 0 Å². The monoisotopic (exact) mass is 453 g/mol. The maximum Gasteiger partial charge on any atom is 0.191 e. The minimum Gasteiger partial charge on any atom is -0.379 e. The molecule has 2 heterocycles. The normalized spacial score (nSPS) is 16.0. The molecule has 0 unspecified atom stereocenters. The van der Waals surface area contributed by atoms with Crippen molar-refractivity contribution in [1.82, 2.24) is 20.5 Å². The molecule has 2 rings (SSSR count). The number of guanidine groups is 1. The van der Waals surface area contributed by atoms with E-state index in [4.69, 9.17) is 4.74 Å². The summed E-state index contributed by atoms with van der Waals surface area (Å²) in [6.45, 7) is 11.4. The number of ether oxygens (including phenoxy) is 1. The summed E-state index contributed by atoms with van der Waals surface area (Å²) in [5, 5.41) is 7.75. The third-order valence-corrected chi connectivity index (χ3v) is 4.62. The van der Waals surface area contributed by atoms with E-state index in [9.17, 15) is 0 Å². The van der Waals surface area contributed by atoms with Crippen molar-refractivity contribution in [2.45, 2.75) is 26.8 Å². The Morgan fingerprint density at radius 1 is 1.35 bits per heavy atom. The number of nitrogens with one attached hydrogen (secondary N) is 2. The first-order valence-corrected chi connectivity index (χ1v) is 8.89. The Morgan fingerprint density at radius 2 is 2.13 bits per heavy atom. The summed E-state index contributed by atoms with van der Waals surface area (Å²) in [4.78, 5) is 12.7. The lowest BCUT2D eigenvalue weighted by Crippen LogP contribution is -2.44. The minimum absolute atomic E-state index is 0. The average Bonchev–Trinajstić information content (AvgIpc) is 3.02. The summed E-state index contributed by atoms with van der Waals surface area (Å²) < 4.78 is 5.36. The van der Waals surface area contributed by atoms with Crippen LogP contribution in [0.15, 0.2) is 11.2 Å². The summed E-state index contributed by atoms with van der Waals surface area (Å²) in [6.07, 6.45) is 2.99. The van der Waals surface area contributed by atoms with E-state index >= 15 is 0 Å². The van der Waals surface area contributed by atoms with Crippen LogP contribution in [-0.4, -0.2) is 61.8 Å². The van der Waals surface area contributed by atoms with Gasteiger partial charge in [-0.2, -0.15) is 0 Å². The van der Waals surface area contributed by atoms with E-state index in [1.807, 2.05) is 6.20 Å². The number of aryl methyl sites for hydroxylation is 1. The average molecular weight is 453 g/mol. The quantitative estimate of drug-likeness (QED) is 0.374. The third-order valence-electron chi connectivity index (χ3n) is 3.49. The number of rotatable bonds is 7. The lowest BCUT2D eigenvalue weighted by atomic mass is 10.4. The van der Waals surface area contributed by atoms with Gasteiger partial charge in [-0.1, -0.05) is 6.92 Å². The maximum atomic E-state index is 5.36. The van der Waals surface area contributed by atoms with Crippen molar-refractivity contribution in [3.8, 4) is 0 Å². The minimum atomic E-state index is 0. The zero-order valence-corrected chi connectivity index (χ0v) is 17.2. The number of nitrogens with zero attached hydrogens (tertiary/aromatic N) is 3. The smallest absolute Gasteiger partial charge is 0.191 e. The van der Waals surface area contributed by atoms with Gasteiger partial charge in [0.1, 0.15) is 5.01 Å². The van der Waals surface area contributed by atoms with Gasteiger partial charge in [0.05, 0.1) is 19.8 Å². The van der Waals surface area contributed by atoms with Gasteiger partial charge in [0.25, 0.3) is 0 Å². The zero-order valence-electron chi connectivity index (χ0n) is 14.0. The molecule has 1 aliphatic heterocycles.